The Hall–Kier alpha value is -2.91. The molecule has 0 atom stereocenters. The van der Waals surface area contributed by atoms with E-state index in [1.807, 2.05) is 20.8 Å². The van der Waals surface area contributed by atoms with E-state index in [-0.39, 0.29) is 22.0 Å². The van der Waals surface area contributed by atoms with E-state index in [0.717, 1.165) is 44.3 Å². The first-order valence-corrected chi connectivity index (χ1v) is 15.7. The number of pyridine rings is 1. The van der Waals surface area contributed by atoms with Crippen LogP contribution in [0.15, 0.2) is 48.7 Å². The van der Waals surface area contributed by atoms with Crippen LogP contribution in [-0.2, 0) is 22.6 Å². The Morgan fingerprint density at radius 1 is 0.902 bits per heavy atom. The molecule has 0 unspecified atom stereocenters. The largest absolute Gasteiger partial charge is 0.506 e. The topological polar surface area (TPSA) is 33.1 Å². The summed E-state index contributed by atoms with van der Waals surface area (Å²) in [5.74, 6) is 0.112. The van der Waals surface area contributed by atoms with Gasteiger partial charge in [0.15, 0.2) is 0 Å². The number of hydrogen-bond donors (Lipinski definition) is 1. The Labute approximate surface area is 252 Å². The van der Waals surface area contributed by atoms with Crippen LogP contribution in [0, 0.1) is 5.41 Å². The van der Waals surface area contributed by atoms with Gasteiger partial charge in [-0.2, -0.15) is 0 Å². The minimum absolute atomic E-state index is 0.0730. The first-order chi connectivity index (χ1) is 19.8. The summed E-state index contributed by atoms with van der Waals surface area (Å²) < 4.78 is 21.0. The highest BCUT2D eigenvalue weighted by Gasteiger charge is 2.40. The highest BCUT2D eigenvalue weighted by molar-refractivity contribution is 7.26. The van der Waals surface area contributed by atoms with Gasteiger partial charge in [0.05, 0.1) is 16.6 Å². The summed E-state index contributed by atoms with van der Waals surface area (Å²) >= 11 is 1.69. The van der Waals surface area contributed by atoms with E-state index in [0.29, 0.717) is 5.56 Å². The van der Waals surface area contributed by atoms with Crippen molar-refractivity contribution in [1.82, 2.24) is 4.98 Å². The second-order valence-corrected chi connectivity index (χ2v) is 16.5. The summed E-state index contributed by atoms with van der Waals surface area (Å²) in [6.45, 7) is 21.9. The number of hydrogen-bond acceptors (Lipinski definition) is 3. The summed E-state index contributed by atoms with van der Waals surface area (Å²) in [6.07, 6.45) is 2.04. The second-order valence-electron chi connectivity index (χ2n) is 15.5. The SMILES string of the molecule is [2H]C([2H])(c1cc2c(c3sc4c(-c5cc(C(C)(C)C)c6ccccc6c5)ncc(O)c4c13)C(C)(C)CCC2(C)C)C(C)(C)C. The van der Waals surface area contributed by atoms with Crippen LogP contribution in [0.2, 0.25) is 0 Å². The fourth-order valence-electron chi connectivity index (χ4n) is 6.80. The molecular weight excluding hydrogens is 518 g/mol. The van der Waals surface area contributed by atoms with Crippen LogP contribution in [0.25, 0.3) is 42.2 Å². The van der Waals surface area contributed by atoms with Gasteiger partial charge in [-0.3, -0.25) is 4.98 Å². The lowest BCUT2D eigenvalue weighted by Gasteiger charge is -2.42. The van der Waals surface area contributed by atoms with E-state index < -0.39 is 11.8 Å². The normalized spacial score (nSPS) is 18.0. The number of nitrogens with zero attached hydrogens (tertiary/aromatic N) is 1. The molecule has 0 bridgehead atoms. The van der Waals surface area contributed by atoms with E-state index in [4.69, 9.17) is 4.98 Å². The van der Waals surface area contributed by atoms with Crippen molar-refractivity contribution in [2.24, 2.45) is 5.41 Å². The van der Waals surface area contributed by atoms with Crippen LogP contribution >= 0.6 is 11.3 Å². The quantitative estimate of drug-likeness (QED) is 0.231. The molecule has 1 aliphatic rings. The van der Waals surface area contributed by atoms with Gasteiger partial charge in [0, 0.05) is 23.8 Å². The van der Waals surface area contributed by atoms with Crippen LogP contribution in [0.4, 0.5) is 0 Å². The van der Waals surface area contributed by atoms with Gasteiger partial charge in [-0.15, -0.1) is 11.3 Å². The zero-order valence-electron chi connectivity index (χ0n) is 28.3. The van der Waals surface area contributed by atoms with Crippen molar-refractivity contribution < 1.29 is 7.85 Å². The highest BCUT2D eigenvalue weighted by atomic mass is 32.1. The smallest absolute Gasteiger partial charge is 0.143 e. The third kappa shape index (κ3) is 4.65. The zero-order chi connectivity index (χ0) is 31.5. The molecule has 0 radical (unpaired) electrons. The van der Waals surface area contributed by atoms with E-state index in [2.05, 4.69) is 90.9 Å². The van der Waals surface area contributed by atoms with Crippen LogP contribution in [0.3, 0.4) is 0 Å². The van der Waals surface area contributed by atoms with Gasteiger partial charge in [-0.05, 0) is 86.0 Å². The molecule has 3 heteroatoms. The molecule has 41 heavy (non-hydrogen) atoms. The monoisotopic (exact) mass is 565 g/mol. The molecule has 2 aromatic heterocycles. The Balaban J connectivity index is 1.81. The maximum Gasteiger partial charge on any atom is 0.143 e. The lowest BCUT2D eigenvalue weighted by atomic mass is 9.62. The fourth-order valence-corrected chi connectivity index (χ4v) is 8.38. The molecule has 6 rings (SSSR count). The molecule has 0 saturated carbocycles. The second kappa shape index (κ2) is 9.04. The van der Waals surface area contributed by atoms with Crippen LogP contribution in [-0.4, -0.2) is 10.1 Å². The number of thiophene rings is 1. The maximum atomic E-state index is 11.5. The summed E-state index contributed by atoms with van der Waals surface area (Å²) in [5, 5.41) is 15.5. The van der Waals surface area contributed by atoms with Crippen LogP contribution in [0.5, 0.6) is 5.75 Å². The van der Waals surface area contributed by atoms with Gasteiger partial charge in [0.2, 0.25) is 0 Å². The molecule has 1 aliphatic carbocycles. The van der Waals surface area contributed by atoms with Crippen LogP contribution in [0.1, 0.15) is 107 Å². The average Bonchev–Trinajstić information content (AvgIpc) is 3.30. The van der Waals surface area contributed by atoms with E-state index >= 15 is 0 Å². The standard InChI is InChI=1S/C38H45NOS/c1-35(2,3)20-24-19-27-31(38(9,10)16-15-37(27,7)8)33-29(24)30-28(40)21-39-32(34(30)41-33)23-17-22-13-11-12-14-25(22)26(18-23)36(4,5)6/h11-14,17-19,21,40H,15-16,20H2,1-10H3/i20D2. The first-order valence-electron chi connectivity index (χ1n) is 15.9. The van der Waals surface area contributed by atoms with Gasteiger partial charge in [0.1, 0.15) is 5.75 Å². The Morgan fingerprint density at radius 2 is 1.59 bits per heavy atom. The van der Waals surface area contributed by atoms with Crippen molar-refractivity contribution in [3.8, 4) is 17.0 Å². The summed E-state index contributed by atoms with van der Waals surface area (Å²) in [4.78, 5) is 4.89. The minimum Gasteiger partial charge on any atom is -0.506 e. The van der Waals surface area contributed by atoms with E-state index in [1.54, 1.807) is 17.5 Å². The predicted octanol–water partition coefficient (Wildman–Crippen LogP) is 11.2. The molecule has 0 spiro atoms. The Morgan fingerprint density at radius 3 is 2.27 bits per heavy atom. The van der Waals surface area contributed by atoms with E-state index in [1.165, 1.54) is 27.5 Å². The molecule has 0 fully saturated rings. The lowest BCUT2D eigenvalue weighted by Crippen LogP contribution is -2.34. The number of benzene rings is 3. The van der Waals surface area contributed by atoms with Crippen molar-refractivity contribution >= 4 is 42.3 Å². The van der Waals surface area contributed by atoms with Gasteiger partial charge < -0.3 is 5.11 Å². The first kappa shape index (κ1) is 25.8. The van der Waals surface area contributed by atoms with Crippen molar-refractivity contribution in [2.45, 2.75) is 105 Å². The third-order valence-electron chi connectivity index (χ3n) is 8.98. The fraction of sp³-hybridized carbons (Fsp3) is 0.447. The number of fused-ring (bicyclic) bond motifs is 6. The average molecular weight is 566 g/mol. The van der Waals surface area contributed by atoms with Crippen molar-refractivity contribution in [3.63, 3.8) is 0 Å². The van der Waals surface area contributed by atoms with E-state index in [9.17, 15) is 7.85 Å². The molecule has 214 valence electrons. The molecule has 2 nitrogen and oxygen atoms in total. The molecular formula is C38H45NOS. The van der Waals surface area contributed by atoms with Gasteiger partial charge >= 0.3 is 0 Å². The molecule has 0 saturated heterocycles. The predicted molar refractivity (Wildman–Crippen MR) is 179 cm³/mol. The summed E-state index contributed by atoms with van der Waals surface area (Å²) in [6, 6.07) is 15.2. The van der Waals surface area contributed by atoms with Crippen LogP contribution < -0.4 is 0 Å². The molecule has 3 aromatic carbocycles. The zero-order valence-corrected chi connectivity index (χ0v) is 27.2. The molecule has 0 amide bonds. The van der Waals surface area contributed by atoms with Crippen molar-refractivity contribution in [3.05, 3.63) is 70.9 Å². The Kier molecular flexibility index (Phi) is 5.68. The molecule has 0 aliphatic heterocycles. The minimum atomic E-state index is -1.63. The molecule has 5 aromatic rings. The number of aromatic nitrogens is 1. The molecule has 2 heterocycles. The van der Waals surface area contributed by atoms with Gasteiger partial charge in [-0.25, -0.2) is 0 Å². The Bertz CT molecular complexity index is 1930. The number of aromatic hydroxyl groups is 1. The maximum absolute atomic E-state index is 11.5. The summed E-state index contributed by atoms with van der Waals surface area (Å²) in [5.41, 5.74) is 5.45. The third-order valence-corrected chi connectivity index (χ3v) is 10.2. The summed E-state index contributed by atoms with van der Waals surface area (Å²) in [7, 11) is 0. The van der Waals surface area contributed by atoms with Crippen molar-refractivity contribution in [2.75, 3.05) is 0 Å². The lowest BCUT2D eigenvalue weighted by molar-refractivity contribution is 0.334. The highest BCUT2D eigenvalue weighted by Crippen LogP contribution is 2.55. The number of rotatable bonds is 2. The van der Waals surface area contributed by atoms with Gasteiger partial charge in [-0.1, -0.05) is 99.6 Å². The van der Waals surface area contributed by atoms with Gasteiger partial charge in [0.25, 0.3) is 0 Å². The van der Waals surface area contributed by atoms with Crippen molar-refractivity contribution in [1.29, 1.82) is 0 Å². The molecule has 1 N–H and O–H groups in total.